The van der Waals surface area contributed by atoms with Crippen LogP contribution in [0.15, 0.2) is 24.3 Å². The maximum Gasteiger partial charge on any atom is 0.243 e. The summed E-state index contributed by atoms with van der Waals surface area (Å²) in [4.78, 5) is 26.1. The lowest BCUT2D eigenvalue weighted by atomic mass is 9.83. The molecule has 1 aliphatic heterocycles. The van der Waals surface area contributed by atoms with Crippen LogP contribution in [0.3, 0.4) is 0 Å². The van der Waals surface area contributed by atoms with Gasteiger partial charge in [-0.1, -0.05) is 39.0 Å². The highest BCUT2D eigenvalue weighted by molar-refractivity contribution is 5.95. The van der Waals surface area contributed by atoms with Gasteiger partial charge in [-0.3, -0.25) is 9.59 Å². The molecule has 2 amide bonds. The Morgan fingerprint density at radius 1 is 1.29 bits per heavy atom. The molecule has 1 fully saturated rings. The highest BCUT2D eigenvalue weighted by Gasteiger charge is 2.42. The van der Waals surface area contributed by atoms with Crippen LogP contribution in [-0.2, 0) is 16.1 Å². The number of para-hydroxylation sites is 1. The van der Waals surface area contributed by atoms with Gasteiger partial charge in [-0.15, -0.1) is 0 Å². The molecule has 0 radical (unpaired) electrons. The molecular weight excluding hydrogens is 268 g/mol. The third kappa shape index (κ3) is 3.17. The number of rotatable bonds is 3. The fourth-order valence-corrected chi connectivity index (χ4v) is 2.70. The largest absolute Gasteiger partial charge is 0.496 e. The lowest BCUT2D eigenvalue weighted by Gasteiger charge is -2.42. The molecule has 1 aromatic carbocycles. The molecule has 0 spiro atoms. The van der Waals surface area contributed by atoms with E-state index in [0.717, 1.165) is 11.3 Å². The summed E-state index contributed by atoms with van der Waals surface area (Å²) in [6.07, 6.45) is 0. The zero-order chi connectivity index (χ0) is 15.6. The van der Waals surface area contributed by atoms with Crippen LogP contribution in [0.2, 0.25) is 0 Å². The molecule has 1 heterocycles. The first-order valence-electron chi connectivity index (χ1n) is 7.03. The normalized spacial score (nSPS) is 19.4. The molecule has 0 saturated carbocycles. The van der Waals surface area contributed by atoms with Crippen molar-refractivity contribution in [2.24, 2.45) is 5.41 Å². The monoisotopic (exact) mass is 290 g/mol. The van der Waals surface area contributed by atoms with E-state index in [9.17, 15) is 9.59 Å². The second-order valence-corrected chi connectivity index (χ2v) is 6.32. The third-order valence-corrected chi connectivity index (χ3v) is 3.65. The molecule has 2 rings (SSSR count). The second-order valence-electron chi connectivity index (χ2n) is 6.32. The molecule has 1 aliphatic rings. The number of methoxy groups -OCH3 is 1. The van der Waals surface area contributed by atoms with E-state index in [-0.39, 0.29) is 23.8 Å². The van der Waals surface area contributed by atoms with Gasteiger partial charge in [0.2, 0.25) is 11.8 Å². The average Bonchev–Trinajstić information content (AvgIpc) is 2.42. The fourth-order valence-electron chi connectivity index (χ4n) is 2.70. The van der Waals surface area contributed by atoms with Crippen LogP contribution in [0.1, 0.15) is 26.3 Å². The van der Waals surface area contributed by atoms with Crippen LogP contribution < -0.4 is 10.1 Å². The number of hydrogen-bond donors (Lipinski definition) is 1. The van der Waals surface area contributed by atoms with Gasteiger partial charge >= 0.3 is 0 Å². The second kappa shape index (κ2) is 5.76. The topological polar surface area (TPSA) is 58.6 Å². The van der Waals surface area contributed by atoms with Gasteiger partial charge in [0.25, 0.3) is 0 Å². The number of ether oxygens (including phenoxy) is 1. The number of hydrogen-bond acceptors (Lipinski definition) is 3. The standard InChI is InChI=1S/C16H22N2O3/c1-16(2,3)14-15(20)17-9-13(19)18(14)10-11-7-5-6-8-12(11)21-4/h5-8,14H,9-10H2,1-4H3,(H,17,20). The number of carbonyl (C=O) groups excluding carboxylic acids is 2. The predicted octanol–water partition coefficient (Wildman–Crippen LogP) is 1.57. The first kappa shape index (κ1) is 15.4. The van der Waals surface area contributed by atoms with E-state index in [1.165, 1.54) is 0 Å². The molecule has 114 valence electrons. The number of amides is 2. The predicted molar refractivity (Wildman–Crippen MR) is 79.8 cm³/mol. The maximum absolute atomic E-state index is 12.3. The minimum absolute atomic E-state index is 0.0561. The summed E-state index contributed by atoms with van der Waals surface area (Å²) in [6.45, 7) is 6.32. The highest BCUT2D eigenvalue weighted by Crippen LogP contribution is 2.29. The van der Waals surface area contributed by atoms with Crippen molar-refractivity contribution in [3.63, 3.8) is 0 Å². The summed E-state index contributed by atoms with van der Waals surface area (Å²) in [7, 11) is 1.60. The zero-order valence-corrected chi connectivity index (χ0v) is 13.0. The van der Waals surface area contributed by atoms with Crippen molar-refractivity contribution < 1.29 is 14.3 Å². The molecule has 0 aliphatic carbocycles. The van der Waals surface area contributed by atoms with E-state index in [0.29, 0.717) is 6.54 Å². The Hall–Kier alpha value is -2.04. The van der Waals surface area contributed by atoms with Crippen LogP contribution >= 0.6 is 0 Å². The van der Waals surface area contributed by atoms with Crippen molar-refractivity contribution in [1.82, 2.24) is 10.2 Å². The van der Waals surface area contributed by atoms with E-state index in [1.54, 1.807) is 12.0 Å². The maximum atomic E-state index is 12.3. The Morgan fingerprint density at radius 3 is 2.57 bits per heavy atom. The minimum Gasteiger partial charge on any atom is -0.496 e. The van der Waals surface area contributed by atoms with Crippen LogP contribution in [0, 0.1) is 5.41 Å². The van der Waals surface area contributed by atoms with Crippen molar-refractivity contribution >= 4 is 11.8 Å². The number of carbonyl (C=O) groups is 2. The summed E-state index contributed by atoms with van der Waals surface area (Å²) >= 11 is 0. The van der Waals surface area contributed by atoms with Gasteiger partial charge in [0, 0.05) is 5.56 Å². The Kier molecular flexibility index (Phi) is 4.21. The van der Waals surface area contributed by atoms with Gasteiger partial charge < -0.3 is 15.0 Å². The molecular formula is C16H22N2O3. The first-order chi connectivity index (χ1) is 9.84. The van der Waals surface area contributed by atoms with Gasteiger partial charge in [-0.2, -0.15) is 0 Å². The average molecular weight is 290 g/mol. The Morgan fingerprint density at radius 2 is 1.95 bits per heavy atom. The number of benzene rings is 1. The molecule has 1 unspecified atom stereocenters. The van der Waals surface area contributed by atoms with Gasteiger partial charge in [0.05, 0.1) is 20.2 Å². The summed E-state index contributed by atoms with van der Waals surface area (Å²) < 4.78 is 5.33. The molecule has 5 heteroatoms. The number of piperazine rings is 1. The molecule has 0 aromatic heterocycles. The summed E-state index contributed by atoms with van der Waals surface area (Å²) in [5, 5.41) is 2.67. The SMILES string of the molecule is COc1ccccc1CN1C(=O)CNC(=O)C1C(C)(C)C. The molecule has 1 N–H and O–H groups in total. The van der Waals surface area contributed by atoms with Crippen molar-refractivity contribution in [3.05, 3.63) is 29.8 Å². The van der Waals surface area contributed by atoms with E-state index >= 15 is 0 Å². The van der Waals surface area contributed by atoms with Gasteiger partial charge in [-0.05, 0) is 11.5 Å². The van der Waals surface area contributed by atoms with Crippen LogP contribution in [0.4, 0.5) is 0 Å². The Balaban J connectivity index is 2.33. The van der Waals surface area contributed by atoms with E-state index in [1.807, 2.05) is 45.0 Å². The van der Waals surface area contributed by atoms with Crippen LogP contribution in [0.5, 0.6) is 5.75 Å². The van der Waals surface area contributed by atoms with E-state index < -0.39 is 6.04 Å². The smallest absolute Gasteiger partial charge is 0.243 e. The molecule has 0 bridgehead atoms. The van der Waals surface area contributed by atoms with Crippen molar-refractivity contribution in [2.75, 3.05) is 13.7 Å². The molecule has 5 nitrogen and oxygen atoms in total. The van der Waals surface area contributed by atoms with Gasteiger partial charge in [-0.25, -0.2) is 0 Å². The zero-order valence-electron chi connectivity index (χ0n) is 13.0. The van der Waals surface area contributed by atoms with Gasteiger partial charge in [0.1, 0.15) is 11.8 Å². The Labute approximate surface area is 125 Å². The van der Waals surface area contributed by atoms with Crippen LogP contribution in [-0.4, -0.2) is 36.4 Å². The van der Waals surface area contributed by atoms with Crippen LogP contribution in [0.25, 0.3) is 0 Å². The minimum atomic E-state index is -0.483. The molecule has 1 saturated heterocycles. The van der Waals surface area contributed by atoms with Crippen molar-refractivity contribution in [1.29, 1.82) is 0 Å². The van der Waals surface area contributed by atoms with Crippen molar-refractivity contribution in [2.45, 2.75) is 33.4 Å². The molecule has 1 aromatic rings. The summed E-state index contributed by atoms with van der Waals surface area (Å²) in [5.74, 6) is 0.557. The molecule has 1 atom stereocenters. The quantitative estimate of drug-likeness (QED) is 0.919. The Bertz CT molecular complexity index is 549. The lowest BCUT2D eigenvalue weighted by molar-refractivity contribution is -0.150. The molecule has 21 heavy (non-hydrogen) atoms. The van der Waals surface area contributed by atoms with Gasteiger partial charge in [0.15, 0.2) is 0 Å². The summed E-state index contributed by atoms with van der Waals surface area (Å²) in [5.41, 5.74) is 0.569. The highest BCUT2D eigenvalue weighted by atomic mass is 16.5. The van der Waals surface area contributed by atoms with Crippen molar-refractivity contribution in [3.8, 4) is 5.75 Å². The third-order valence-electron chi connectivity index (χ3n) is 3.65. The fraction of sp³-hybridized carbons (Fsp3) is 0.500. The number of nitrogens with one attached hydrogen (secondary N) is 1. The summed E-state index contributed by atoms with van der Waals surface area (Å²) in [6, 6.07) is 7.07. The van der Waals surface area contributed by atoms with E-state index in [4.69, 9.17) is 4.74 Å². The lowest BCUT2D eigenvalue weighted by Crippen LogP contribution is -2.62. The number of nitrogens with zero attached hydrogens (tertiary/aromatic N) is 1. The van der Waals surface area contributed by atoms with E-state index in [2.05, 4.69) is 5.32 Å². The first-order valence-corrected chi connectivity index (χ1v) is 7.03.